The van der Waals surface area contributed by atoms with Gasteiger partial charge in [0.2, 0.25) is 0 Å². The Kier molecular flexibility index (Phi) is 9.54. The highest BCUT2D eigenvalue weighted by Crippen LogP contribution is 2.12. The largest absolute Gasteiger partial charge is 0.389 e. The van der Waals surface area contributed by atoms with E-state index in [1.807, 2.05) is 13.0 Å². The zero-order chi connectivity index (χ0) is 11.5. The minimum atomic E-state index is -0.353. The van der Waals surface area contributed by atoms with E-state index < -0.39 is 0 Å². The maximum Gasteiger partial charge on any atom is 0.0722 e. The van der Waals surface area contributed by atoms with Crippen LogP contribution in [0.1, 0.15) is 39.5 Å². The second-order valence-corrected chi connectivity index (χ2v) is 3.74. The molecule has 2 nitrogen and oxygen atoms in total. The molecule has 0 fully saturated rings. The van der Waals surface area contributed by atoms with E-state index in [0.29, 0.717) is 13.2 Å². The molecule has 0 aliphatic rings. The van der Waals surface area contributed by atoms with Crippen molar-refractivity contribution in [3.63, 3.8) is 0 Å². The van der Waals surface area contributed by atoms with Gasteiger partial charge in [0.15, 0.2) is 0 Å². The number of hydrogen-bond acceptors (Lipinski definition) is 2. The summed E-state index contributed by atoms with van der Waals surface area (Å²) in [4.78, 5) is 0. The van der Waals surface area contributed by atoms with E-state index in [1.54, 1.807) is 6.08 Å². The van der Waals surface area contributed by atoms with Crippen molar-refractivity contribution in [3.8, 4) is 0 Å². The molecule has 0 radical (unpaired) electrons. The Balaban J connectivity index is 3.84. The summed E-state index contributed by atoms with van der Waals surface area (Å²) in [6.45, 7) is 8.70. The van der Waals surface area contributed by atoms with Crippen molar-refractivity contribution in [2.45, 2.75) is 45.6 Å². The molecule has 0 spiro atoms. The SMILES string of the molecule is C=CCOC/C=C(/CCCCC)C(C)O. The fourth-order valence-electron chi connectivity index (χ4n) is 1.38. The minimum Gasteiger partial charge on any atom is -0.389 e. The molecule has 0 rings (SSSR count). The molecule has 0 aliphatic heterocycles. The molecule has 0 saturated carbocycles. The lowest BCUT2D eigenvalue weighted by molar-refractivity contribution is 0.188. The maximum atomic E-state index is 9.52. The zero-order valence-electron chi connectivity index (χ0n) is 10.0. The van der Waals surface area contributed by atoms with Gasteiger partial charge in [0.25, 0.3) is 0 Å². The van der Waals surface area contributed by atoms with Crippen LogP contribution in [-0.2, 0) is 4.74 Å². The van der Waals surface area contributed by atoms with Gasteiger partial charge in [-0.1, -0.05) is 31.9 Å². The van der Waals surface area contributed by atoms with Crippen LogP contribution in [0.3, 0.4) is 0 Å². The van der Waals surface area contributed by atoms with Gasteiger partial charge >= 0.3 is 0 Å². The monoisotopic (exact) mass is 212 g/mol. The molecule has 0 aromatic heterocycles. The molecule has 1 unspecified atom stereocenters. The Hall–Kier alpha value is -0.600. The molecule has 0 amide bonds. The molecular weight excluding hydrogens is 188 g/mol. The van der Waals surface area contributed by atoms with Crippen molar-refractivity contribution < 1.29 is 9.84 Å². The minimum absolute atomic E-state index is 0.353. The van der Waals surface area contributed by atoms with Crippen LogP contribution in [0, 0.1) is 0 Å². The van der Waals surface area contributed by atoms with E-state index >= 15 is 0 Å². The van der Waals surface area contributed by atoms with Gasteiger partial charge in [-0.15, -0.1) is 6.58 Å². The van der Waals surface area contributed by atoms with Crippen molar-refractivity contribution in [2.75, 3.05) is 13.2 Å². The molecule has 1 atom stereocenters. The summed E-state index contributed by atoms with van der Waals surface area (Å²) in [6, 6.07) is 0. The lowest BCUT2D eigenvalue weighted by Crippen LogP contribution is -2.06. The maximum absolute atomic E-state index is 9.52. The number of unbranched alkanes of at least 4 members (excludes halogenated alkanes) is 2. The summed E-state index contributed by atoms with van der Waals surface area (Å²) in [7, 11) is 0. The van der Waals surface area contributed by atoms with Gasteiger partial charge in [0.05, 0.1) is 19.3 Å². The molecule has 0 aromatic rings. The van der Waals surface area contributed by atoms with Crippen molar-refractivity contribution >= 4 is 0 Å². The molecule has 2 heteroatoms. The van der Waals surface area contributed by atoms with Crippen LogP contribution in [0.4, 0.5) is 0 Å². The third-order valence-electron chi connectivity index (χ3n) is 2.30. The van der Waals surface area contributed by atoms with Gasteiger partial charge in [-0.3, -0.25) is 0 Å². The molecule has 0 saturated heterocycles. The second-order valence-electron chi connectivity index (χ2n) is 3.74. The highest BCUT2D eigenvalue weighted by molar-refractivity contribution is 5.06. The number of aliphatic hydroxyl groups excluding tert-OH is 1. The average molecular weight is 212 g/mol. The molecule has 0 bridgehead atoms. The standard InChI is InChI=1S/C13H24O2/c1-4-6-7-8-13(12(3)14)9-11-15-10-5-2/h5,9,12,14H,2,4,6-8,10-11H2,1,3H3/b13-9-. The quantitative estimate of drug-likeness (QED) is 0.470. The summed E-state index contributed by atoms with van der Waals surface area (Å²) < 4.78 is 5.26. The van der Waals surface area contributed by atoms with E-state index in [-0.39, 0.29) is 6.10 Å². The molecule has 0 heterocycles. The lowest BCUT2D eigenvalue weighted by atomic mass is 10.0. The van der Waals surface area contributed by atoms with Crippen LogP contribution in [-0.4, -0.2) is 24.4 Å². The van der Waals surface area contributed by atoms with Gasteiger partial charge < -0.3 is 9.84 Å². The first-order valence-corrected chi connectivity index (χ1v) is 5.78. The zero-order valence-corrected chi connectivity index (χ0v) is 10.0. The molecule has 0 aliphatic carbocycles. The third kappa shape index (κ3) is 8.40. The second kappa shape index (κ2) is 9.94. The van der Waals surface area contributed by atoms with Crippen LogP contribution >= 0.6 is 0 Å². The van der Waals surface area contributed by atoms with Crippen molar-refractivity contribution in [1.82, 2.24) is 0 Å². The summed E-state index contributed by atoms with van der Waals surface area (Å²) in [6.07, 6.45) is 7.92. The highest BCUT2D eigenvalue weighted by Gasteiger charge is 2.03. The summed E-state index contributed by atoms with van der Waals surface area (Å²) >= 11 is 0. The molecule has 0 aromatic carbocycles. The normalized spacial score (nSPS) is 13.9. The van der Waals surface area contributed by atoms with Crippen LogP contribution in [0.2, 0.25) is 0 Å². The van der Waals surface area contributed by atoms with Gasteiger partial charge in [-0.25, -0.2) is 0 Å². The first-order valence-electron chi connectivity index (χ1n) is 5.78. The van der Waals surface area contributed by atoms with Gasteiger partial charge in [-0.05, 0) is 25.3 Å². The first kappa shape index (κ1) is 14.4. The summed E-state index contributed by atoms with van der Waals surface area (Å²) in [5, 5.41) is 9.52. The van der Waals surface area contributed by atoms with Crippen LogP contribution < -0.4 is 0 Å². The fraction of sp³-hybridized carbons (Fsp3) is 0.692. The summed E-state index contributed by atoms with van der Waals surface area (Å²) in [5.41, 5.74) is 1.09. The predicted molar refractivity (Wildman–Crippen MR) is 64.9 cm³/mol. The van der Waals surface area contributed by atoms with Crippen LogP contribution in [0.15, 0.2) is 24.3 Å². The Morgan fingerprint density at radius 2 is 2.13 bits per heavy atom. The topological polar surface area (TPSA) is 29.5 Å². The Morgan fingerprint density at radius 3 is 2.67 bits per heavy atom. The van der Waals surface area contributed by atoms with Gasteiger partial charge in [0.1, 0.15) is 0 Å². The van der Waals surface area contributed by atoms with E-state index in [9.17, 15) is 5.11 Å². The number of aliphatic hydroxyl groups is 1. The summed E-state index contributed by atoms with van der Waals surface area (Å²) in [5.74, 6) is 0. The van der Waals surface area contributed by atoms with Crippen LogP contribution in [0.5, 0.6) is 0 Å². The first-order chi connectivity index (χ1) is 7.22. The van der Waals surface area contributed by atoms with Crippen molar-refractivity contribution in [3.05, 3.63) is 24.3 Å². The molecule has 1 N–H and O–H groups in total. The smallest absolute Gasteiger partial charge is 0.0722 e. The molecule has 88 valence electrons. The number of rotatable bonds is 9. The van der Waals surface area contributed by atoms with Gasteiger partial charge in [-0.2, -0.15) is 0 Å². The highest BCUT2D eigenvalue weighted by atomic mass is 16.5. The van der Waals surface area contributed by atoms with E-state index in [1.165, 1.54) is 12.8 Å². The average Bonchev–Trinajstić information content (AvgIpc) is 2.21. The lowest BCUT2D eigenvalue weighted by Gasteiger charge is -2.10. The van der Waals surface area contributed by atoms with E-state index in [0.717, 1.165) is 18.4 Å². The van der Waals surface area contributed by atoms with E-state index in [4.69, 9.17) is 4.74 Å². The predicted octanol–water partition coefficient (Wildman–Crippen LogP) is 3.08. The van der Waals surface area contributed by atoms with Crippen LogP contribution in [0.25, 0.3) is 0 Å². The Labute approximate surface area is 93.6 Å². The van der Waals surface area contributed by atoms with E-state index in [2.05, 4.69) is 13.5 Å². The van der Waals surface area contributed by atoms with Crippen molar-refractivity contribution in [1.29, 1.82) is 0 Å². The Morgan fingerprint density at radius 1 is 1.40 bits per heavy atom. The molecular formula is C13H24O2. The molecule has 15 heavy (non-hydrogen) atoms. The Bertz CT molecular complexity index is 183. The van der Waals surface area contributed by atoms with Gasteiger partial charge in [0, 0.05) is 0 Å². The number of ether oxygens (including phenoxy) is 1. The third-order valence-corrected chi connectivity index (χ3v) is 2.30. The fourth-order valence-corrected chi connectivity index (χ4v) is 1.38. The number of hydrogen-bond donors (Lipinski definition) is 1. The van der Waals surface area contributed by atoms with Crippen molar-refractivity contribution in [2.24, 2.45) is 0 Å².